The van der Waals surface area contributed by atoms with Gasteiger partial charge in [-0.15, -0.1) is 0 Å². The van der Waals surface area contributed by atoms with E-state index in [2.05, 4.69) is 0 Å². The Morgan fingerprint density at radius 3 is 1.40 bits per heavy atom. The molecule has 0 amide bonds. The fourth-order valence-corrected chi connectivity index (χ4v) is 0. The Labute approximate surface area is 43.9 Å². The first kappa shape index (κ1) is 9.17. The van der Waals surface area contributed by atoms with Crippen LogP contribution >= 0.6 is 0 Å². The number of rotatable bonds is 0. The van der Waals surface area contributed by atoms with Crippen LogP contribution < -0.4 is 0 Å². The van der Waals surface area contributed by atoms with Gasteiger partial charge in [-0.2, -0.15) is 0 Å². The van der Waals surface area contributed by atoms with Crippen molar-refractivity contribution < 1.29 is 43.6 Å². The SMILES string of the molecule is [Co].[O]=[V](=[O])[OH]. The van der Waals surface area contributed by atoms with Crippen LogP contribution in [-0.4, -0.2) is 4.03 Å². The minimum absolute atomic E-state index is 0. The summed E-state index contributed by atoms with van der Waals surface area (Å²) in [6, 6.07) is 0. The van der Waals surface area contributed by atoms with Gasteiger partial charge in [-0.1, -0.05) is 0 Å². The van der Waals surface area contributed by atoms with Crippen LogP contribution in [-0.2, 0) is 39.5 Å². The van der Waals surface area contributed by atoms with Crippen molar-refractivity contribution in [2.24, 2.45) is 0 Å². The Morgan fingerprint density at radius 2 is 1.40 bits per heavy atom. The van der Waals surface area contributed by atoms with E-state index in [1.54, 1.807) is 0 Å². The number of hydrogen-bond acceptors (Lipinski definition) is 2. The van der Waals surface area contributed by atoms with Crippen molar-refractivity contribution in [3.8, 4) is 0 Å². The van der Waals surface area contributed by atoms with Gasteiger partial charge in [0.2, 0.25) is 0 Å². The van der Waals surface area contributed by atoms with Gasteiger partial charge in [0.25, 0.3) is 0 Å². The summed E-state index contributed by atoms with van der Waals surface area (Å²) in [4.78, 5) is 0. The van der Waals surface area contributed by atoms with Crippen LogP contribution in [0.1, 0.15) is 0 Å². The maximum atomic E-state index is 8.67. The fourth-order valence-electron chi connectivity index (χ4n) is 0. The molecule has 0 aromatic heterocycles. The van der Waals surface area contributed by atoms with E-state index < -0.39 is 15.4 Å². The summed E-state index contributed by atoms with van der Waals surface area (Å²) in [5.74, 6) is 0. The van der Waals surface area contributed by atoms with Gasteiger partial charge in [0, 0.05) is 16.8 Å². The quantitative estimate of drug-likeness (QED) is 0.503. The number of hydrogen-bond donors (Lipinski definition) is 1. The third-order valence-electron chi connectivity index (χ3n) is 0. The van der Waals surface area contributed by atoms with Gasteiger partial charge in [-0.05, 0) is 0 Å². The molecule has 0 aromatic carbocycles. The first-order valence-electron chi connectivity index (χ1n) is 0.565. The third-order valence-corrected chi connectivity index (χ3v) is 0. The molecular weight excluding hydrogens is 158 g/mol. The summed E-state index contributed by atoms with van der Waals surface area (Å²) in [5.41, 5.74) is 0. The van der Waals surface area contributed by atoms with E-state index >= 15 is 0 Å². The Morgan fingerprint density at radius 1 is 1.40 bits per heavy atom. The summed E-state index contributed by atoms with van der Waals surface area (Å²) in [6.07, 6.45) is 0. The Bertz CT molecular complexity index is 55.3. The predicted molar refractivity (Wildman–Crippen MR) is 3.59 cm³/mol. The van der Waals surface area contributed by atoms with Crippen molar-refractivity contribution in [1.82, 2.24) is 0 Å². The van der Waals surface area contributed by atoms with Crippen molar-refractivity contribution in [3.05, 3.63) is 0 Å². The zero-order valence-corrected chi connectivity index (χ0v) is 4.48. The fraction of sp³-hybridized carbons (Fsp3) is 0. The van der Waals surface area contributed by atoms with E-state index in [-0.39, 0.29) is 16.8 Å². The van der Waals surface area contributed by atoms with Crippen molar-refractivity contribution in [2.45, 2.75) is 0 Å². The Kier molecular flexibility index (Phi) is 8.53. The third kappa shape index (κ3) is 77.1. The second-order valence-corrected chi connectivity index (χ2v) is 0.981. The summed E-state index contributed by atoms with van der Waals surface area (Å²) < 4.78 is 24.4. The normalized spacial score (nSPS) is 5.00. The predicted octanol–water partition coefficient (Wildman–Crippen LogP) is -0.800. The molecule has 0 unspecified atom stereocenters. The molecule has 0 rings (SSSR count). The van der Waals surface area contributed by atoms with Gasteiger partial charge in [0.15, 0.2) is 0 Å². The molecule has 0 aliphatic rings. The van der Waals surface area contributed by atoms with Crippen LogP contribution in [0.3, 0.4) is 0 Å². The average molecular weight is 159 g/mol. The molecule has 5 heavy (non-hydrogen) atoms. The summed E-state index contributed by atoms with van der Waals surface area (Å²) >= 11 is -3.69. The van der Waals surface area contributed by atoms with Crippen LogP contribution in [0.4, 0.5) is 0 Å². The van der Waals surface area contributed by atoms with Crippen LogP contribution in [0.15, 0.2) is 0 Å². The van der Waals surface area contributed by atoms with Gasteiger partial charge in [0.1, 0.15) is 0 Å². The summed E-state index contributed by atoms with van der Waals surface area (Å²) in [5, 5.41) is 0. The second kappa shape index (κ2) is 4.65. The molecule has 0 aromatic rings. The van der Waals surface area contributed by atoms with E-state index in [0.717, 1.165) is 0 Å². The molecule has 0 atom stereocenters. The zero-order valence-electron chi connectivity index (χ0n) is 2.04. The molecule has 3 nitrogen and oxygen atoms in total. The molecular formula is HCoO3V. The van der Waals surface area contributed by atoms with Gasteiger partial charge in [-0.3, -0.25) is 0 Å². The molecule has 0 saturated carbocycles. The van der Waals surface area contributed by atoms with Crippen molar-refractivity contribution in [3.63, 3.8) is 0 Å². The first-order valence-corrected chi connectivity index (χ1v) is 2.33. The summed E-state index contributed by atoms with van der Waals surface area (Å²) in [6.45, 7) is 0. The Hall–Kier alpha value is 0.651. The summed E-state index contributed by atoms with van der Waals surface area (Å²) in [7, 11) is 0. The van der Waals surface area contributed by atoms with Gasteiger partial charge < -0.3 is 0 Å². The van der Waals surface area contributed by atoms with E-state index in [1.807, 2.05) is 0 Å². The van der Waals surface area contributed by atoms with E-state index in [9.17, 15) is 0 Å². The van der Waals surface area contributed by atoms with E-state index in [1.165, 1.54) is 0 Å². The molecule has 1 N–H and O–H groups in total. The van der Waals surface area contributed by atoms with Crippen molar-refractivity contribution in [2.75, 3.05) is 0 Å². The minimum atomic E-state index is -3.69. The van der Waals surface area contributed by atoms with Gasteiger partial charge in [-0.25, -0.2) is 0 Å². The van der Waals surface area contributed by atoms with Crippen LogP contribution in [0.25, 0.3) is 0 Å². The van der Waals surface area contributed by atoms with Gasteiger partial charge >= 0.3 is 26.8 Å². The zero-order chi connectivity index (χ0) is 3.58. The molecule has 0 heterocycles. The van der Waals surface area contributed by atoms with Crippen molar-refractivity contribution >= 4 is 0 Å². The monoisotopic (exact) mass is 159 g/mol. The molecule has 0 saturated heterocycles. The molecule has 0 bridgehead atoms. The average Bonchev–Trinajstić information content (AvgIpc) is 0.811. The van der Waals surface area contributed by atoms with Crippen LogP contribution in [0.5, 0.6) is 0 Å². The topological polar surface area (TPSA) is 54.4 Å². The Balaban J connectivity index is 0. The van der Waals surface area contributed by atoms with E-state index in [0.29, 0.717) is 0 Å². The molecule has 33 valence electrons. The molecule has 0 aliphatic heterocycles. The molecule has 0 aliphatic carbocycles. The standard InChI is InChI=1S/Co.H2O.2O.V/h;1H2;;;/q;;;;+1/p-1. The molecule has 1 radical (unpaired) electrons. The second-order valence-electron chi connectivity index (χ2n) is 0.238. The maximum absolute atomic E-state index is 8.67. The molecule has 5 heteroatoms. The van der Waals surface area contributed by atoms with Gasteiger partial charge in [0.05, 0.1) is 0 Å². The van der Waals surface area contributed by atoms with E-state index in [4.69, 9.17) is 11.4 Å². The van der Waals surface area contributed by atoms with Crippen molar-refractivity contribution in [1.29, 1.82) is 0 Å². The van der Waals surface area contributed by atoms with Crippen LogP contribution in [0, 0.1) is 0 Å². The molecule has 0 fully saturated rings. The first-order chi connectivity index (χ1) is 1.73. The molecule has 0 spiro atoms. The van der Waals surface area contributed by atoms with Crippen LogP contribution in [0.2, 0.25) is 0 Å².